The van der Waals surface area contributed by atoms with Crippen molar-refractivity contribution in [3.8, 4) is 0 Å². The third kappa shape index (κ3) is 3.52. The van der Waals surface area contributed by atoms with Crippen LogP contribution in [0, 0.1) is 11.8 Å². The Morgan fingerprint density at radius 2 is 2.35 bits per heavy atom. The molecule has 5 nitrogen and oxygen atoms in total. The predicted molar refractivity (Wildman–Crippen MR) is 82.5 cm³/mol. The molecule has 1 aliphatic heterocycles. The number of aliphatic imine (C=N–C) groups is 1. The summed E-state index contributed by atoms with van der Waals surface area (Å²) in [6, 6.07) is 1.98. The zero-order chi connectivity index (χ0) is 14.4. The summed E-state index contributed by atoms with van der Waals surface area (Å²) >= 11 is 0. The summed E-state index contributed by atoms with van der Waals surface area (Å²) in [7, 11) is 1.86. The van der Waals surface area contributed by atoms with E-state index >= 15 is 0 Å². The van der Waals surface area contributed by atoms with E-state index in [1.165, 1.54) is 19.3 Å². The van der Waals surface area contributed by atoms with Crippen molar-refractivity contribution in [1.82, 2.24) is 20.4 Å². The number of aromatic nitrogens is 2. The van der Waals surface area contributed by atoms with Gasteiger partial charge in [-0.25, -0.2) is 0 Å². The van der Waals surface area contributed by atoms with Crippen LogP contribution < -0.4 is 5.32 Å². The zero-order valence-corrected chi connectivity index (χ0v) is 12.9. The number of aromatic amines is 1. The summed E-state index contributed by atoms with van der Waals surface area (Å²) in [5.41, 5.74) is 1.09. The second-order valence-corrected chi connectivity index (χ2v) is 5.55. The first kappa shape index (κ1) is 14.9. The summed E-state index contributed by atoms with van der Waals surface area (Å²) in [5, 5.41) is 10.3. The average molecular weight is 277 g/mol. The van der Waals surface area contributed by atoms with Crippen molar-refractivity contribution in [2.75, 3.05) is 20.1 Å². The SMILES string of the molecule is CCC(CC)C1CCN(C(=NC)NCc2ccn[nH]2)C1. The normalized spacial score (nSPS) is 19.9. The minimum Gasteiger partial charge on any atom is -0.351 e. The van der Waals surface area contributed by atoms with Crippen LogP contribution in [-0.4, -0.2) is 41.2 Å². The molecule has 0 saturated carbocycles. The Kier molecular flexibility index (Phi) is 5.44. The highest BCUT2D eigenvalue weighted by atomic mass is 15.3. The van der Waals surface area contributed by atoms with E-state index in [1.54, 1.807) is 6.20 Å². The number of likely N-dealkylation sites (tertiary alicyclic amines) is 1. The van der Waals surface area contributed by atoms with Gasteiger partial charge in [-0.2, -0.15) is 5.10 Å². The van der Waals surface area contributed by atoms with Gasteiger partial charge in [-0.15, -0.1) is 0 Å². The highest BCUT2D eigenvalue weighted by Gasteiger charge is 2.29. The Morgan fingerprint density at radius 1 is 1.55 bits per heavy atom. The Morgan fingerprint density at radius 3 is 2.95 bits per heavy atom. The minimum absolute atomic E-state index is 0.749. The molecule has 2 N–H and O–H groups in total. The van der Waals surface area contributed by atoms with Gasteiger partial charge in [0.25, 0.3) is 0 Å². The topological polar surface area (TPSA) is 56.3 Å². The van der Waals surface area contributed by atoms with E-state index in [9.17, 15) is 0 Å². The molecule has 1 atom stereocenters. The van der Waals surface area contributed by atoms with Crippen molar-refractivity contribution < 1.29 is 0 Å². The van der Waals surface area contributed by atoms with Crippen LogP contribution in [0.4, 0.5) is 0 Å². The summed E-state index contributed by atoms with van der Waals surface area (Å²) in [6.07, 6.45) is 5.64. The van der Waals surface area contributed by atoms with Crippen LogP contribution in [-0.2, 0) is 6.54 Å². The molecule has 2 heterocycles. The molecule has 0 spiro atoms. The third-order valence-electron chi connectivity index (χ3n) is 4.45. The van der Waals surface area contributed by atoms with Gasteiger partial charge in [-0.05, 0) is 24.3 Å². The highest BCUT2D eigenvalue weighted by molar-refractivity contribution is 5.80. The number of rotatable bonds is 5. The molecular formula is C15H27N5. The van der Waals surface area contributed by atoms with E-state index in [2.05, 4.69) is 39.3 Å². The second-order valence-electron chi connectivity index (χ2n) is 5.55. The van der Waals surface area contributed by atoms with E-state index in [0.29, 0.717) is 0 Å². The lowest BCUT2D eigenvalue weighted by atomic mass is 9.87. The van der Waals surface area contributed by atoms with Gasteiger partial charge in [0, 0.05) is 26.3 Å². The molecule has 1 aliphatic rings. The monoisotopic (exact) mass is 277 g/mol. The summed E-state index contributed by atoms with van der Waals surface area (Å²) in [6.45, 7) is 7.61. The van der Waals surface area contributed by atoms with Crippen molar-refractivity contribution in [3.05, 3.63) is 18.0 Å². The number of hydrogen-bond acceptors (Lipinski definition) is 2. The molecule has 1 aromatic rings. The van der Waals surface area contributed by atoms with Gasteiger partial charge in [0.1, 0.15) is 0 Å². The molecule has 0 aromatic carbocycles. The molecule has 20 heavy (non-hydrogen) atoms. The van der Waals surface area contributed by atoms with E-state index in [1.807, 2.05) is 13.1 Å². The Hall–Kier alpha value is -1.52. The smallest absolute Gasteiger partial charge is 0.193 e. The van der Waals surface area contributed by atoms with E-state index in [4.69, 9.17) is 0 Å². The van der Waals surface area contributed by atoms with Gasteiger partial charge < -0.3 is 10.2 Å². The van der Waals surface area contributed by atoms with Crippen LogP contribution in [0.2, 0.25) is 0 Å². The van der Waals surface area contributed by atoms with E-state index in [-0.39, 0.29) is 0 Å². The Labute approximate surface area is 121 Å². The lowest BCUT2D eigenvalue weighted by Gasteiger charge is -2.24. The number of H-pyrrole nitrogens is 1. The summed E-state index contributed by atoms with van der Waals surface area (Å²) in [4.78, 5) is 6.80. The molecule has 1 aromatic heterocycles. The molecular weight excluding hydrogens is 250 g/mol. The van der Waals surface area contributed by atoms with Crippen molar-refractivity contribution in [2.24, 2.45) is 16.8 Å². The largest absolute Gasteiger partial charge is 0.351 e. The van der Waals surface area contributed by atoms with Gasteiger partial charge in [0.15, 0.2) is 5.96 Å². The first-order valence-corrected chi connectivity index (χ1v) is 7.72. The van der Waals surface area contributed by atoms with Crippen LogP contribution in [0.5, 0.6) is 0 Å². The first-order chi connectivity index (χ1) is 9.78. The molecule has 0 radical (unpaired) electrons. The Bertz CT molecular complexity index is 408. The molecule has 5 heteroatoms. The summed E-state index contributed by atoms with van der Waals surface area (Å²) < 4.78 is 0. The van der Waals surface area contributed by atoms with Gasteiger partial charge in [0.05, 0.1) is 12.2 Å². The molecule has 2 rings (SSSR count). The lowest BCUT2D eigenvalue weighted by Crippen LogP contribution is -2.40. The maximum Gasteiger partial charge on any atom is 0.193 e. The first-order valence-electron chi connectivity index (χ1n) is 7.72. The van der Waals surface area contributed by atoms with Gasteiger partial charge in [0.2, 0.25) is 0 Å². The highest BCUT2D eigenvalue weighted by Crippen LogP contribution is 2.28. The zero-order valence-electron chi connectivity index (χ0n) is 12.9. The van der Waals surface area contributed by atoms with Crippen molar-refractivity contribution in [3.63, 3.8) is 0 Å². The van der Waals surface area contributed by atoms with Crippen LogP contribution in [0.15, 0.2) is 17.3 Å². The van der Waals surface area contributed by atoms with Gasteiger partial charge >= 0.3 is 0 Å². The average Bonchev–Trinajstić information content (AvgIpc) is 3.13. The van der Waals surface area contributed by atoms with Crippen LogP contribution in [0.1, 0.15) is 38.8 Å². The fraction of sp³-hybridized carbons (Fsp3) is 0.733. The van der Waals surface area contributed by atoms with Crippen LogP contribution in [0.3, 0.4) is 0 Å². The van der Waals surface area contributed by atoms with E-state index < -0.39 is 0 Å². The van der Waals surface area contributed by atoms with Gasteiger partial charge in [-0.3, -0.25) is 10.1 Å². The molecule has 112 valence electrons. The fourth-order valence-electron chi connectivity index (χ4n) is 3.21. The van der Waals surface area contributed by atoms with Gasteiger partial charge in [-0.1, -0.05) is 26.7 Å². The number of nitrogens with zero attached hydrogens (tertiary/aromatic N) is 3. The number of nitrogens with one attached hydrogen (secondary N) is 2. The lowest BCUT2D eigenvalue weighted by molar-refractivity contribution is 0.319. The number of hydrogen-bond donors (Lipinski definition) is 2. The quantitative estimate of drug-likeness (QED) is 0.641. The minimum atomic E-state index is 0.749. The molecule has 1 saturated heterocycles. The van der Waals surface area contributed by atoms with Crippen LogP contribution >= 0.6 is 0 Å². The van der Waals surface area contributed by atoms with Crippen molar-refractivity contribution >= 4 is 5.96 Å². The maximum absolute atomic E-state index is 4.41. The Balaban J connectivity index is 1.86. The van der Waals surface area contributed by atoms with Crippen LogP contribution in [0.25, 0.3) is 0 Å². The number of guanidine groups is 1. The van der Waals surface area contributed by atoms with E-state index in [0.717, 1.165) is 43.1 Å². The summed E-state index contributed by atoms with van der Waals surface area (Å²) in [5.74, 6) is 2.68. The molecule has 0 aliphatic carbocycles. The molecule has 1 fully saturated rings. The second kappa shape index (κ2) is 7.31. The third-order valence-corrected chi connectivity index (χ3v) is 4.45. The fourth-order valence-corrected chi connectivity index (χ4v) is 3.21. The molecule has 0 amide bonds. The maximum atomic E-state index is 4.41. The molecule has 0 bridgehead atoms. The van der Waals surface area contributed by atoms with Crippen molar-refractivity contribution in [1.29, 1.82) is 0 Å². The molecule has 1 unspecified atom stereocenters. The standard InChI is InChI=1S/C15H27N5/c1-4-12(5-2)13-7-9-20(11-13)15(16-3)17-10-14-6-8-18-19-14/h6,8,12-13H,4-5,7,9-11H2,1-3H3,(H,16,17)(H,18,19). The predicted octanol–water partition coefficient (Wildman–Crippen LogP) is 2.24. The van der Waals surface area contributed by atoms with Crippen molar-refractivity contribution in [2.45, 2.75) is 39.7 Å².